The van der Waals surface area contributed by atoms with Crippen LogP contribution in [-0.2, 0) is 26.9 Å². The summed E-state index contributed by atoms with van der Waals surface area (Å²) in [6, 6.07) is 17.8. The lowest BCUT2D eigenvalue weighted by molar-refractivity contribution is -0.154. The second kappa shape index (κ2) is 9.63. The van der Waals surface area contributed by atoms with Gasteiger partial charge in [0.15, 0.2) is 0 Å². The smallest absolute Gasteiger partial charge is 0.329 e. The number of fused-ring (bicyclic) bond motifs is 3. The lowest BCUT2D eigenvalue weighted by atomic mass is 10.0. The maximum absolute atomic E-state index is 14.8. The Labute approximate surface area is 217 Å². The molecule has 0 saturated carbocycles. The maximum atomic E-state index is 14.8. The monoisotopic (exact) mass is 522 g/mol. The lowest BCUT2D eigenvalue weighted by Crippen LogP contribution is -2.46. The largest absolute Gasteiger partial charge is 0.459 e. The van der Waals surface area contributed by atoms with E-state index in [0.29, 0.717) is 5.56 Å². The first-order valence-corrected chi connectivity index (χ1v) is 12.2. The summed E-state index contributed by atoms with van der Waals surface area (Å²) in [4.78, 5) is 39.5. The summed E-state index contributed by atoms with van der Waals surface area (Å²) < 4.78 is 49.7. The van der Waals surface area contributed by atoms with E-state index in [1.54, 1.807) is 36.4 Å². The summed E-state index contributed by atoms with van der Waals surface area (Å²) in [5.41, 5.74) is -0.678. The van der Waals surface area contributed by atoms with E-state index >= 15 is 0 Å². The summed E-state index contributed by atoms with van der Waals surface area (Å²) in [7, 11) is 0. The summed E-state index contributed by atoms with van der Waals surface area (Å²) >= 11 is 0. The lowest BCUT2D eigenvalue weighted by Gasteiger charge is -2.23. The first-order valence-electron chi connectivity index (χ1n) is 12.2. The Bertz CT molecular complexity index is 1410. The Morgan fingerprint density at radius 2 is 1.63 bits per heavy atom. The molecule has 0 radical (unpaired) electrons. The van der Waals surface area contributed by atoms with Gasteiger partial charge in [-0.15, -0.1) is 0 Å². The van der Waals surface area contributed by atoms with Gasteiger partial charge in [0, 0.05) is 23.1 Å². The van der Waals surface area contributed by atoms with Crippen LogP contribution >= 0.6 is 0 Å². The molecule has 1 saturated heterocycles. The normalized spacial score (nSPS) is 20.9. The van der Waals surface area contributed by atoms with Gasteiger partial charge >= 0.3 is 5.97 Å². The van der Waals surface area contributed by atoms with Crippen molar-refractivity contribution in [2.24, 2.45) is 0 Å². The average molecular weight is 523 g/mol. The van der Waals surface area contributed by atoms with Crippen molar-refractivity contribution in [2.45, 2.75) is 37.6 Å². The Morgan fingerprint density at radius 3 is 2.39 bits per heavy atom. The average Bonchev–Trinajstić information content (AvgIpc) is 3.36. The number of alkyl halides is 3. The molecule has 3 aromatic rings. The molecule has 1 aliphatic carbocycles. The summed E-state index contributed by atoms with van der Waals surface area (Å²) in [5.74, 6) is -5.21. The highest BCUT2D eigenvalue weighted by atomic mass is 19.3. The molecular weight excluding hydrogens is 497 g/mol. The third-order valence-corrected chi connectivity index (χ3v) is 6.89. The van der Waals surface area contributed by atoms with E-state index < -0.39 is 42.0 Å². The molecule has 3 aromatic carbocycles. The van der Waals surface area contributed by atoms with Crippen LogP contribution in [0.25, 0.3) is 11.1 Å². The van der Waals surface area contributed by atoms with Crippen molar-refractivity contribution in [1.82, 2.24) is 10.2 Å². The SMILES string of the molecule is C[C@@]1(F)C[C@@H](C(=O)OCc2ccccc2)N(C(=O)CNC(=O)c2ccc3c(c2)-c2ccccc2C3(F)F)C1. The number of rotatable bonds is 6. The van der Waals surface area contributed by atoms with Crippen molar-refractivity contribution in [3.8, 4) is 11.1 Å². The van der Waals surface area contributed by atoms with Gasteiger partial charge in [-0.3, -0.25) is 9.59 Å². The highest BCUT2D eigenvalue weighted by molar-refractivity contribution is 5.99. The fourth-order valence-corrected chi connectivity index (χ4v) is 5.02. The number of ether oxygens (including phenoxy) is 1. The molecule has 0 bridgehead atoms. The van der Waals surface area contributed by atoms with Gasteiger partial charge in [-0.05, 0) is 35.7 Å². The Kier molecular flexibility index (Phi) is 6.46. The van der Waals surface area contributed by atoms with E-state index in [-0.39, 0.29) is 41.8 Å². The molecule has 0 unspecified atom stereocenters. The molecule has 1 fully saturated rings. The van der Waals surface area contributed by atoms with Crippen LogP contribution in [0.5, 0.6) is 0 Å². The van der Waals surface area contributed by atoms with Crippen LogP contribution in [-0.4, -0.2) is 47.5 Å². The van der Waals surface area contributed by atoms with E-state index in [4.69, 9.17) is 4.74 Å². The summed E-state index contributed by atoms with van der Waals surface area (Å²) in [6.45, 7) is 0.464. The van der Waals surface area contributed by atoms with E-state index in [1.807, 2.05) is 6.07 Å². The molecule has 2 atom stereocenters. The van der Waals surface area contributed by atoms with Crippen LogP contribution in [0.4, 0.5) is 13.2 Å². The zero-order valence-corrected chi connectivity index (χ0v) is 20.5. The minimum absolute atomic E-state index is 0.0154. The van der Waals surface area contributed by atoms with E-state index in [2.05, 4.69) is 5.32 Å². The number of likely N-dealkylation sites (tertiary alicyclic amines) is 1. The zero-order chi connectivity index (χ0) is 27.1. The molecule has 196 valence electrons. The molecule has 2 aliphatic rings. The minimum Gasteiger partial charge on any atom is -0.459 e. The van der Waals surface area contributed by atoms with Crippen LogP contribution in [0.2, 0.25) is 0 Å². The Hall–Kier alpha value is -4.14. The highest BCUT2D eigenvalue weighted by Crippen LogP contribution is 2.50. The van der Waals surface area contributed by atoms with Crippen molar-refractivity contribution in [3.05, 3.63) is 95.1 Å². The molecule has 0 aromatic heterocycles. The summed E-state index contributed by atoms with van der Waals surface area (Å²) in [5, 5.41) is 2.46. The van der Waals surface area contributed by atoms with Crippen LogP contribution in [0.15, 0.2) is 72.8 Å². The molecular formula is C29H25F3N2O4. The molecule has 5 rings (SSSR count). The van der Waals surface area contributed by atoms with Gasteiger partial charge in [-0.2, -0.15) is 8.78 Å². The quantitative estimate of drug-likeness (QED) is 0.480. The Morgan fingerprint density at radius 1 is 0.947 bits per heavy atom. The number of esters is 1. The van der Waals surface area contributed by atoms with E-state index in [9.17, 15) is 27.6 Å². The number of halogens is 3. The fourth-order valence-electron chi connectivity index (χ4n) is 5.02. The molecule has 6 nitrogen and oxygen atoms in total. The number of carbonyl (C=O) groups excluding carboxylic acids is 3. The van der Waals surface area contributed by atoms with Crippen molar-refractivity contribution >= 4 is 17.8 Å². The number of hydrogen-bond acceptors (Lipinski definition) is 4. The number of nitrogens with one attached hydrogen (secondary N) is 1. The second-order valence-corrected chi connectivity index (χ2v) is 9.81. The van der Waals surface area contributed by atoms with Crippen molar-refractivity contribution in [1.29, 1.82) is 0 Å². The predicted molar refractivity (Wildman–Crippen MR) is 133 cm³/mol. The number of amides is 2. The second-order valence-electron chi connectivity index (χ2n) is 9.81. The van der Waals surface area contributed by atoms with Gasteiger partial charge in [0.1, 0.15) is 18.3 Å². The molecule has 38 heavy (non-hydrogen) atoms. The third kappa shape index (κ3) is 4.76. The standard InChI is InChI=1S/C29H25F3N2O4/c1-28(30)14-24(27(37)38-16-18-7-3-2-4-8-18)34(17-28)25(35)15-33-26(36)19-11-12-23-21(13-19)20-9-5-6-10-22(20)29(23,31)32/h2-13,24H,14-17H2,1H3,(H,33,36)/t24-,28+/m0/s1. The fraction of sp³-hybridized carbons (Fsp3) is 0.276. The number of benzene rings is 3. The minimum atomic E-state index is -3.17. The molecule has 1 N–H and O–H groups in total. The number of carbonyl (C=O) groups is 3. The van der Waals surface area contributed by atoms with Crippen LogP contribution < -0.4 is 5.32 Å². The summed E-state index contributed by atoms with van der Waals surface area (Å²) in [6.07, 6.45) is -0.223. The van der Waals surface area contributed by atoms with Gasteiger partial charge in [0.25, 0.3) is 11.8 Å². The maximum Gasteiger partial charge on any atom is 0.329 e. The third-order valence-electron chi connectivity index (χ3n) is 6.89. The molecule has 0 spiro atoms. The molecule has 1 heterocycles. The van der Waals surface area contributed by atoms with Crippen molar-refractivity contribution < 1.29 is 32.3 Å². The van der Waals surface area contributed by atoms with Crippen molar-refractivity contribution in [3.63, 3.8) is 0 Å². The zero-order valence-electron chi connectivity index (χ0n) is 20.5. The van der Waals surface area contributed by atoms with Crippen molar-refractivity contribution in [2.75, 3.05) is 13.1 Å². The first-order chi connectivity index (χ1) is 18.1. The van der Waals surface area contributed by atoms with Gasteiger partial charge in [-0.25, -0.2) is 9.18 Å². The predicted octanol–water partition coefficient (Wildman–Crippen LogP) is 4.61. The molecule has 2 amide bonds. The van der Waals surface area contributed by atoms with E-state index in [1.165, 1.54) is 37.3 Å². The van der Waals surface area contributed by atoms with Gasteiger partial charge in [0.05, 0.1) is 13.1 Å². The van der Waals surface area contributed by atoms with Crippen LogP contribution in [0, 0.1) is 0 Å². The van der Waals surface area contributed by atoms with E-state index in [0.717, 1.165) is 10.5 Å². The number of nitrogens with zero attached hydrogens (tertiary/aromatic N) is 1. The van der Waals surface area contributed by atoms with Gasteiger partial charge in [-0.1, -0.05) is 60.7 Å². The highest BCUT2D eigenvalue weighted by Gasteiger charge is 2.47. The topological polar surface area (TPSA) is 75.7 Å². The van der Waals surface area contributed by atoms with Crippen LogP contribution in [0.1, 0.15) is 40.4 Å². The Balaban J connectivity index is 1.25. The van der Waals surface area contributed by atoms with Gasteiger partial charge in [0.2, 0.25) is 5.91 Å². The molecule has 9 heteroatoms. The number of hydrogen-bond donors (Lipinski definition) is 1. The van der Waals surface area contributed by atoms with Crippen LogP contribution in [0.3, 0.4) is 0 Å². The first kappa shape index (κ1) is 25.5. The molecule has 1 aliphatic heterocycles. The van der Waals surface area contributed by atoms with Gasteiger partial charge < -0.3 is 15.0 Å².